The normalized spacial score (nSPS) is 22.8. The number of hydrogen-bond donors (Lipinski definition) is 0. The first-order chi connectivity index (χ1) is 8.66. The van der Waals surface area contributed by atoms with Gasteiger partial charge in [0, 0.05) is 30.2 Å². The quantitative estimate of drug-likeness (QED) is 0.763. The third-order valence-electron chi connectivity index (χ3n) is 3.43. The van der Waals surface area contributed by atoms with Crippen LogP contribution in [0.2, 0.25) is 0 Å². The van der Waals surface area contributed by atoms with E-state index in [0.717, 1.165) is 5.75 Å². The third kappa shape index (κ3) is 1.79. The van der Waals surface area contributed by atoms with Crippen LogP contribution in [0.1, 0.15) is 11.5 Å². The van der Waals surface area contributed by atoms with Gasteiger partial charge in [-0.3, -0.25) is 9.69 Å². The van der Waals surface area contributed by atoms with E-state index in [4.69, 9.17) is 0 Å². The maximum atomic E-state index is 11.8. The molecule has 1 saturated heterocycles. The number of rotatable bonds is 2. The number of benzene rings is 1. The highest BCUT2D eigenvalue weighted by atomic mass is 32.2. The molecule has 2 aliphatic rings. The summed E-state index contributed by atoms with van der Waals surface area (Å²) < 4.78 is 0. The lowest BCUT2D eigenvalue weighted by Crippen LogP contribution is -2.35. The van der Waals surface area contributed by atoms with Gasteiger partial charge in [-0.15, -0.1) is 11.8 Å². The van der Waals surface area contributed by atoms with Crippen LogP contribution in [0.3, 0.4) is 0 Å². The van der Waals surface area contributed by atoms with Gasteiger partial charge in [0.15, 0.2) is 0 Å². The van der Waals surface area contributed by atoms with Gasteiger partial charge in [0.2, 0.25) is 5.91 Å². The van der Waals surface area contributed by atoms with Crippen molar-refractivity contribution in [2.45, 2.75) is 10.8 Å². The standard InChI is InChI=1S/C13H14N2O2S/c1-14-7-12(16)15(13(14)17)6-9-8-18-11-5-3-2-4-10(9)11/h2-5,9H,6-8H2,1H3. The van der Waals surface area contributed by atoms with Crippen molar-refractivity contribution < 1.29 is 9.59 Å². The Morgan fingerprint density at radius 1 is 1.33 bits per heavy atom. The molecule has 5 heteroatoms. The fourth-order valence-corrected chi connectivity index (χ4v) is 3.69. The predicted molar refractivity (Wildman–Crippen MR) is 69.6 cm³/mol. The highest BCUT2D eigenvalue weighted by Crippen LogP contribution is 2.39. The summed E-state index contributed by atoms with van der Waals surface area (Å²) in [7, 11) is 1.66. The minimum atomic E-state index is -0.172. The summed E-state index contributed by atoms with van der Waals surface area (Å²) in [6.45, 7) is 0.715. The van der Waals surface area contributed by atoms with E-state index >= 15 is 0 Å². The SMILES string of the molecule is CN1CC(=O)N(CC2CSc3ccccc32)C1=O. The fourth-order valence-electron chi connectivity index (χ4n) is 2.45. The average Bonchev–Trinajstić information content (AvgIpc) is 2.87. The monoisotopic (exact) mass is 262 g/mol. The first-order valence-corrected chi connectivity index (χ1v) is 6.92. The molecule has 3 amide bonds. The molecular weight excluding hydrogens is 248 g/mol. The number of likely N-dealkylation sites (N-methyl/N-ethyl adjacent to an activating group) is 1. The zero-order chi connectivity index (χ0) is 12.7. The topological polar surface area (TPSA) is 40.6 Å². The maximum absolute atomic E-state index is 11.8. The molecule has 94 valence electrons. The van der Waals surface area contributed by atoms with Gasteiger partial charge in [-0.05, 0) is 11.6 Å². The van der Waals surface area contributed by atoms with Crippen LogP contribution in [0.25, 0.3) is 0 Å². The summed E-state index contributed by atoms with van der Waals surface area (Å²) in [5.74, 6) is 1.13. The molecule has 0 aliphatic carbocycles. The third-order valence-corrected chi connectivity index (χ3v) is 4.68. The number of amides is 3. The Labute approximate surface area is 110 Å². The second-order valence-corrected chi connectivity index (χ2v) is 5.75. The summed E-state index contributed by atoms with van der Waals surface area (Å²) in [4.78, 5) is 27.7. The van der Waals surface area contributed by atoms with E-state index in [9.17, 15) is 9.59 Å². The van der Waals surface area contributed by atoms with Crippen molar-refractivity contribution in [3.8, 4) is 0 Å². The highest BCUT2D eigenvalue weighted by Gasteiger charge is 2.36. The summed E-state index contributed by atoms with van der Waals surface area (Å²) >= 11 is 1.80. The molecule has 0 N–H and O–H groups in total. The Hall–Kier alpha value is -1.49. The van der Waals surface area contributed by atoms with Gasteiger partial charge in [0.1, 0.15) is 6.54 Å². The van der Waals surface area contributed by atoms with Crippen LogP contribution in [-0.4, -0.2) is 47.6 Å². The molecule has 18 heavy (non-hydrogen) atoms. The first-order valence-electron chi connectivity index (χ1n) is 5.94. The van der Waals surface area contributed by atoms with E-state index in [1.165, 1.54) is 20.3 Å². The minimum absolute atomic E-state index is 0.0862. The van der Waals surface area contributed by atoms with Gasteiger partial charge in [0.05, 0.1) is 0 Å². The zero-order valence-corrected chi connectivity index (χ0v) is 10.9. The molecule has 1 unspecified atom stereocenters. The Kier molecular flexibility index (Phi) is 2.78. The van der Waals surface area contributed by atoms with E-state index in [-0.39, 0.29) is 24.4 Å². The number of nitrogens with zero attached hydrogens (tertiary/aromatic N) is 2. The zero-order valence-electron chi connectivity index (χ0n) is 10.1. The van der Waals surface area contributed by atoms with E-state index in [2.05, 4.69) is 12.1 Å². The molecule has 2 heterocycles. The van der Waals surface area contributed by atoms with Crippen molar-refractivity contribution in [3.05, 3.63) is 29.8 Å². The minimum Gasteiger partial charge on any atom is -0.318 e. The van der Waals surface area contributed by atoms with Crippen molar-refractivity contribution in [2.75, 3.05) is 25.9 Å². The fraction of sp³-hybridized carbons (Fsp3) is 0.385. The lowest BCUT2D eigenvalue weighted by molar-refractivity contribution is -0.125. The van der Waals surface area contributed by atoms with Crippen molar-refractivity contribution in [3.63, 3.8) is 0 Å². The Morgan fingerprint density at radius 3 is 2.83 bits per heavy atom. The molecule has 1 fully saturated rings. The van der Waals surface area contributed by atoms with Crippen molar-refractivity contribution in [1.82, 2.24) is 9.80 Å². The van der Waals surface area contributed by atoms with Crippen molar-refractivity contribution in [1.29, 1.82) is 0 Å². The molecule has 0 bridgehead atoms. The smallest absolute Gasteiger partial charge is 0.318 e. The molecule has 0 radical (unpaired) electrons. The van der Waals surface area contributed by atoms with Gasteiger partial charge in [0.25, 0.3) is 0 Å². The van der Waals surface area contributed by atoms with Gasteiger partial charge >= 0.3 is 6.03 Å². The number of imide groups is 1. The second kappa shape index (κ2) is 4.31. The summed E-state index contributed by atoms with van der Waals surface area (Å²) in [6.07, 6.45) is 0. The largest absolute Gasteiger partial charge is 0.326 e. The van der Waals surface area contributed by atoms with Crippen LogP contribution in [0, 0.1) is 0 Å². The van der Waals surface area contributed by atoms with Crippen molar-refractivity contribution >= 4 is 23.7 Å². The van der Waals surface area contributed by atoms with Crippen LogP contribution in [-0.2, 0) is 4.79 Å². The molecule has 0 saturated carbocycles. The number of thioether (sulfide) groups is 1. The van der Waals surface area contributed by atoms with E-state index in [1.807, 2.05) is 12.1 Å². The van der Waals surface area contributed by atoms with Crippen LogP contribution >= 0.6 is 11.8 Å². The molecule has 1 aromatic carbocycles. The van der Waals surface area contributed by atoms with E-state index < -0.39 is 0 Å². The second-order valence-electron chi connectivity index (χ2n) is 4.69. The molecule has 0 aromatic heterocycles. The van der Waals surface area contributed by atoms with Gasteiger partial charge in [-0.25, -0.2) is 4.79 Å². The van der Waals surface area contributed by atoms with Gasteiger partial charge in [-0.2, -0.15) is 0 Å². The van der Waals surface area contributed by atoms with E-state index in [1.54, 1.807) is 18.8 Å². The summed E-state index contributed by atoms with van der Waals surface area (Å²) in [6, 6.07) is 8.05. The maximum Gasteiger partial charge on any atom is 0.326 e. The summed E-state index contributed by atoms with van der Waals surface area (Å²) in [5, 5.41) is 0. The lowest BCUT2D eigenvalue weighted by atomic mass is 10.0. The van der Waals surface area contributed by atoms with Crippen molar-refractivity contribution in [2.24, 2.45) is 0 Å². The number of hydrogen-bond acceptors (Lipinski definition) is 3. The van der Waals surface area contributed by atoms with Crippen LogP contribution in [0.15, 0.2) is 29.2 Å². The Bertz CT molecular complexity index is 517. The Balaban J connectivity index is 1.79. The average molecular weight is 262 g/mol. The van der Waals surface area contributed by atoms with Crippen LogP contribution in [0.4, 0.5) is 4.79 Å². The molecule has 3 rings (SSSR count). The molecule has 4 nitrogen and oxygen atoms in total. The lowest BCUT2D eigenvalue weighted by Gasteiger charge is -2.18. The van der Waals surface area contributed by atoms with Gasteiger partial charge < -0.3 is 4.90 Å². The predicted octanol–water partition coefficient (Wildman–Crippen LogP) is 1.77. The number of carbonyl (C=O) groups is 2. The van der Waals surface area contributed by atoms with Gasteiger partial charge in [-0.1, -0.05) is 18.2 Å². The Morgan fingerprint density at radius 2 is 2.11 bits per heavy atom. The van der Waals surface area contributed by atoms with Crippen LogP contribution in [0.5, 0.6) is 0 Å². The number of carbonyl (C=O) groups excluding carboxylic acids is 2. The molecule has 0 spiro atoms. The number of urea groups is 1. The van der Waals surface area contributed by atoms with Crippen LogP contribution < -0.4 is 0 Å². The first kappa shape index (κ1) is 11.6. The highest BCUT2D eigenvalue weighted by molar-refractivity contribution is 7.99. The molecule has 1 aromatic rings. The molecular formula is C13H14N2O2S. The number of fused-ring (bicyclic) bond motifs is 1. The van der Waals surface area contributed by atoms with E-state index in [0.29, 0.717) is 6.54 Å². The molecule has 2 aliphatic heterocycles. The molecule has 1 atom stereocenters. The summed E-state index contributed by atoms with van der Waals surface area (Å²) in [5.41, 5.74) is 1.26.